The average Bonchev–Trinajstić information content (AvgIpc) is 2.38. The quantitative estimate of drug-likeness (QED) is 0.828. The topological polar surface area (TPSA) is 47.3 Å². The Balaban J connectivity index is 2.28. The first-order chi connectivity index (χ1) is 9.10. The van der Waals surface area contributed by atoms with Gasteiger partial charge in [0.1, 0.15) is 17.4 Å². The van der Waals surface area contributed by atoms with Gasteiger partial charge in [-0.15, -0.1) is 0 Å². The van der Waals surface area contributed by atoms with Gasteiger partial charge in [0.15, 0.2) is 0 Å². The first kappa shape index (κ1) is 13.1. The summed E-state index contributed by atoms with van der Waals surface area (Å²) < 4.78 is 31.9. The maximum absolute atomic E-state index is 13.5. The molecule has 0 spiro atoms. The van der Waals surface area contributed by atoms with Gasteiger partial charge in [-0.3, -0.25) is 0 Å². The molecule has 0 aromatic heterocycles. The summed E-state index contributed by atoms with van der Waals surface area (Å²) in [6.45, 7) is 2.31. The Kier molecular flexibility index (Phi) is 3.85. The van der Waals surface area contributed by atoms with Crippen molar-refractivity contribution < 1.29 is 13.5 Å². The van der Waals surface area contributed by atoms with Gasteiger partial charge < -0.3 is 15.8 Å². The molecule has 0 radical (unpaired) electrons. The molecule has 0 aliphatic carbocycles. The van der Waals surface area contributed by atoms with E-state index >= 15 is 0 Å². The van der Waals surface area contributed by atoms with Crippen molar-refractivity contribution in [2.45, 2.75) is 6.92 Å². The minimum absolute atomic E-state index is 0.0622. The Labute approximate surface area is 110 Å². The zero-order valence-electron chi connectivity index (χ0n) is 10.4. The zero-order chi connectivity index (χ0) is 13.8. The number of hydrogen-bond donors (Lipinski definition) is 2. The molecule has 0 fully saturated rings. The molecule has 0 heterocycles. The predicted octanol–water partition coefficient (Wildman–Crippen LogP) is 3.69. The van der Waals surface area contributed by atoms with E-state index in [4.69, 9.17) is 10.5 Å². The molecular weight excluding hydrogens is 250 g/mol. The molecular formula is C14H14F2N2O. The van der Waals surface area contributed by atoms with Gasteiger partial charge in [0, 0.05) is 17.8 Å². The number of hydrogen-bond acceptors (Lipinski definition) is 3. The highest BCUT2D eigenvalue weighted by Gasteiger charge is 2.06. The Bertz CT molecular complexity index is 588. The number of halogens is 2. The smallest absolute Gasteiger partial charge is 0.146 e. The van der Waals surface area contributed by atoms with Crippen molar-refractivity contribution in [2.75, 3.05) is 17.7 Å². The van der Waals surface area contributed by atoms with Crippen molar-refractivity contribution in [1.82, 2.24) is 0 Å². The fourth-order valence-corrected chi connectivity index (χ4v) is 1.64. The van der Waals surface area contributed by atoms with Crippen LogP contribution in [0.1, 0.15) is 6.92 Å². The predicted molar refractivity (Wildman–Crippen MR) is 71.7 cm³/mol. The van der Waals surface area contributed by atoms with Crippen molar-refractivity contribution in [2.24, 2.45) is 0 Å². The number of anilines is 3. The van der Waals surface area contributed by atoms with Crippen LogP contribution in [-0.4, -0.2) is 6.61 Å². The van der Waals surface area contributed by atoms with E-state index in [-0.39, 0.29) is 5.69 Å². The van der Waals surface area contributed by atoms with Crippen LogP contribution in [0, 0.1) is 11.6 Å². The highest BCUT2D eigenvalue weighted by molar-refractivity contribution is 5.67. The van der Waals surface area contributed by atoms with Crippen molar-refractivity contribution in [3.05, 3.63) is 48.0 Å². The Hall–Kier alpha value is -2.30. The number of ether oxygens (including phenoxy) is 1. The van der Waals surface area contributed by atoms with Crippen LogP contribution >= 0.6 is 0 Å². The maximum Gasteiger partial charge on any atom is 0.146 e. The lowest BCUT2D eigenvalue weighted by Gasteiger charge is -2.11. The second kappa shape index (κ2) is 5.56. The number of nitrogens with two attached hydrogens (primary N) is 1. The Morgan fingerprint density at radius 3 is 2.68 bits per heavy atom. The van der Waals surface area contributed by atoms with Gasteiger partial charge >= 0.3 is 0 Å². The van der Waals surface area contributed by atoms with Gasteiger partial charge in [-0.2, -0.15) is 0 Å². The first-order valence-electron chi connectivity index (χ1n) is 5.84. The lowest BCUT2D eigenvalue weighted by atomic mass is 10.2. The molecule has 2 rings (SSSR count). The summed E-state index contributed by atoms with van der Waals surface area (Å²) in [5.41, 5.74) is 6.86. The van der Waals surface area contributed by atoms with Gasteiger partial charge in [-0.25, -0.2) is 8.78 Å². The maximum atomic E-state index is 13.5. The van der Waals surface area contributed by atoms with Gasteiger partial charge in [-0.05, 0) is 31.2 Å². The molecule has 100 valence electrons. The molecule has 0 aliphatic rings. The third kappa shape index (κ3) is 3.13. The van der Waals surface area contributed by atoms with Crippen LogP contribution in [0.3, 0.4) is 0 Å². The van der Waals surface area contributed by atoms with Crippen molar-refractivity contribution >= 4 is 17.1 Å². The van der Waals surface area contributed by atoms with E-state index in [9.17, 15) is 8.78 Å². The van der Waals surface area contributed by atoms with E-state index in [1.165, 1.54) is 0 Å². The van der Waals surface area contributed by atoms with Crippen LogP contribution in [0.25, 0.3) is 0 Å². The van der Waals surface area contributed by atoms with Crippen molar-refractivity contribution in [3.8, 4) is 5.75 Å². The standard InChI is InChI=1S/C14H14F2N2O/c1-2-19-14-8-10(4-6-12(14)17)18-13-7-9(15)3-5-11(13)16/h3-8,18H,2,17H2,1H3. The third-order valence-electron chi connectivity index (χ3n) is 2.52. The summed E-state index contributed by atoms with van der Waals surface area (Å²) in [7, 11) is 0. The molecule has 2 aromatic carbocycles. The molecule has 0 atom stereocenters. The summed E-state index contributed by atoms with van der Waals surface area (Å²) in [5.74, 6) is -0.537. The first-order valence-corrected chi connectivity index (χ1v) is 5.84. The highest BCUT2D eigenvalue weighted by Crippen LogP contribution is 2.28. The minimum atomic E-state index is -0.531. The Morgan fingerprint density at radius 2 is 1.95 bits per heavy atom. The molecule has 0 saturated carbocycles. The van der Waals surface area contributed by atoms with E-state index < -0.39 is 11.6 Å². The van der Waals surface area contributed by atoms with Gasteiger partial charge in [0.25, 0.3) is 0 Å². The summed E-state index contributed by atoms with van der Waals surface area (Å²) in [5, 5.41) is 2.79. The van der Waals surface area contributed by atoms with E-state index in [1.807, 2.05) is 6.92 Å². The van der Waals surface area contributed by atoms with Crippen LogP contribution < -0.4 is 15.8 Å². The van der Waals surface area contributed by atoms with E-state index in [0.29, 0.717) is 23.7 Å². The third-order valence-corrected chi connectivity index (χ3v) is 2.52. The second-order valence-electron chi connectivity index (χ2n) is 3.93. The van der Waals surface area contributed by atoms with E-state index in [2.05, 4.69) is 5.32 Å². The molecule has 0 bridgehead atoms. The molecule has 5 heteroatoms. The normalized spacial score (nSPS) is 10.3. The lowest BCUT2D eigenvalue weighted by molar-refractivity contribution is 0.342. The van der Waals surface area contributed by atoms with Gasteiger partial charge in [-0.1, -0.05) is 0 Å². The molecule has 0 aliphatic heterocycles. The lowest BCUT2D eigenvalue weighted by Crippen LogP contribution is -1.99. The number of nitrogens with one attached hydrogen (secondary N) is 1. The summed E-state index contributed by atoms with van der Waals surface area (Å²) >= 11 is 0. The van der Waals surface area contributed by atoms with E-state index in [0.717, 1.165) is 18.2 Å². The molecule has 0 amide bonds. The van der Waals surface area contributed by atoms with E-state index in [1.54, 1.807) is 18.2 Å². The van der Waals surface area contributed by atoms with Gasteiger partial charge in [0.2, 0.25) is 0 Å². The van der Waals surface area contributed by atoms with Crippen LogP contribution in [0.4, 0.5) is 25.8 Å². The number of benzene rings is 2. The summed E-state index contributed by atoms with van der Waals surface area (Å²) in [6, 6.07) is 8.18. The van der Waals surface area contributed by atoms with Gasteiger partial charge in [0.05, 0.1) is 18.0 Å². The molecule has 3 nitrogen and oxygen atoms in total. The highest BCUT2D eigenvalue weighted by atomic mass is 19.1. The second-order valence-corrected chi connectivity index (χ2v) is 3.93. The fraction of sp³-hybridized carbons (Fsp3) is 0.143. The number of rotatable bonds is 4. The summed E-state index contributed by atoms with van der Waals surface area (Å²) in [4.78, 5) is 0. The fourth-order valence-electron chi connectivity index (χ4n) is 1.64. The molecule has 19 heavy (non-hydrogen) atoms. The van der Waals surface area contributed by atoms with Crippen molar-refractivity contribution in [1.29, 1.82) is 0 Å². The molecule has 3 N–H and O–H groups in total. The average molecular weight is 264 g/mol. The van der Waals surface area contributed by atoms with Crippen LogP contribution in [0.2, 0.25) is 0 Å². The molecule has 0 unspecified atom stereocenters. The minimum Gasteiger partial charge on any atom is -0.492 e. The van der Waals surface area contributed by atoms with Crippen LogP contribution in [0.15, 0.2) is 36.4 Å². The Morgan fingerprint density at radius 1 is 1.16 bits per heavy atom. The zero-order valence-corrected chi connectivity index (χ0v) is 10.4. The molecule has 0 saturated heterocycles. The SMILES string of the molecule is CCOc1cc(Nc2cc(F)ccc2F)ccc1N. The molecule has 2 aromatic rings. The monoisotopic (exact) mass is 264 g/mol. The van der Waals surface area contributed by atoms with Crippen molar-refractivity contribution in [3.63, 3.8) is 0 Å². The summed E-state index contributed by atoms with van der Waals surface area (Å²) in [6.07, 6.45) is 0. The largest absolute Gasteiger partial charge is 0.492 e. The number of nitrogen functional groups attached to an aromatic ring is 1. The van der Waals surface area contributed by atoms with Crippen LogP contribution in [0.5, 0.6) is 5.75 Å². The van der Waals surface area contributed by atoms with Crippen LogP contribution in [-0.2, 0) is 0 Å².